The average molecular weight is 471 g/mol. The monoisotopic (exact) mass is 470 g/mol. The summed E-state index contributed by atoms with van der Waals surface area (Å²) in [6, 6.07) is 12.9. The number of carbonyl (C=O) groups is 1. The lowest BCUT2D eigenvalue weighted by Gasteiger charge is -2.25. The number of aromatic nitrogens is 1. The molecule has 1 atom stereocenters. The molecule has 4 rings (SSSR count). The highest BCUT2D eigenvalue weighted by Crippen LogP contribution is 2.24. The maximum absolute atomic E-state index is 13.6. The van der Waals surface area contributed by atoms with Crippen LogP contribution in [0.3, 0.4) is 0 Å². The third-order valence-electron chi connectivity index (χ3n) is 5.78. The molecular weight excluding hydrogens is 444 g/mol. The molecule has 0 bridgehead atoms. The van der Waals surface area contributed by atoms with Gasteiger partial charge in [0.15, 0.2) is 5.78 Å². The Morgan fingerprint density at radius 3 is 2.73 bits per heavy atom. The lowest BCUT2D eigenvalue weighted by atomic mass is 10.1. The first-order valence-corrected chi connectivity index (χ1v) is 12.1. The number of fused-ring (bicyclic) bond motifs is 1. The highest BCUT2D eigenvalue weighted by Gasteiger charge is 2.30. The number of carbonyl (C=O) groups excluding carboxylic acids is 1. The van der Waals surface area contributed by atoms with Gasteiger partial charge < -0.3 is 14.5 Å². The van der Waals surface area contributed by atoms with E-state index in [1.165, 1.54) is 23.4 Å². The van der Waals surface area contributed by atoms with Crippen LogP contribution >= 0.6 is 0 Å². The second kappa shape index (κ2) is 9.46. The number of pyridine rings is 1. The number of nitrogens with one attached hydrogen (secondary N) is 1. The Morgan fingerprint density at radius 1 is 1.21 bits per heavy atom. The van der Waals surface area contributed by atoms with Crippen molar-refractivity contribution in [2.24, 2.45) is 0 Å². The zero-order valence-corrected chi connectivity index (χ0v) is 19.4. The summed E-state index contributed by atoms with van der Waals surface area (Å²) in [7, 11) is -2.45. The van der Waals surface area contributed by atoms with Crippen LogP contribution in [0, 0.1) is 0 Å². The van der Waals surface area contributed by atoms with E-state index in [9.17, 15) is 18.0 Å². The van der Waals surface area contributed by atoms with E-state index >= 15 is 0 Å². The van der Waals surface area contributed by atoms with E-state index in [0.29, 0.717) is 29.0 Å². The van der Waals surface area contributed by atoms with Crippen LogP contribution in [-0.4, -0.2) is 49.9 Å². The maximum atomic E-state index is 13.6. The number of ketones is 1. The topological polar surface area (TPSA) is 106 Å². The highest BCUT2D eigenvalue weighted by atomic mass is 32.2. The molecule has 1 aliphatic heterocycles. The molecule has 3 aromatic rings. The summed E-state index contributed by atoms with van der Waals surface area (Å²) in [4.78, 5) is 27.4. The number of Topliss-reactive ketones (excluding diaryl/α,β-unsaturated/α-hetero) is 1. The molecule has 1 saturated heterocycles. The van der Waals surface area contributed by atoms with Crippen molar-refractivity contribution in [3.05, 3.63) is 70.0 Å². The minimum Gasteiger partial charge on any atom is -0.497 e. The number of ether oxygens (including phenoxy) is 2. The molecule has 174 valence electrons. The van der Waals surface area contributed by atoms with Gasteiger partial charge in [0.25, 0.3) is 5.56 Å². The van der Waals surface area contributed by atoms with Crippen LogP contribution in [0.4, 0.5) is 0 Å². The summed E-state index contributed by atoms with van der Waals surface area (Å²) in [5.41, 5.74) is 0.883. The van der Waals surface area contributed by atoms with Crippen molar-refractivity contribution in [1.29, 1.82) is 0 Å². The fraction of sp³-hybridized carbons (Fsp3) is 0.333. The molecule has 0 saturated carbocycles. The highest BCUT2D eigenvalue weighted by molar-refractivity contribution is 7.89. The van der Waals surface area contributed by atoms with Gasteiger partial charge in [0.05, 0.1) is 18.1 Å². The van der Waals surface area contributed by atoms with E-state index in [0.717, 1.165) is 18.2 Å². The molecule has 1 fully saturated rings. The van der Waals surface area contributed by atoms with Crippen LogP contribution in [0.15, 0.2) is 58.2 Å². The average Bonchev–Trinajstić information content (AvgIpc) is 3.32. The van der Waals surface area contributed by atoms with Crippen LogP contribution in [0.5, 0.6) is 5.75 Å². The van der Waals surface area contributed by atoms with Gasteiger partial charge in [0.1, 0.15) is 5.75 Å². The Hall–Kier alpha value is -3.01. The van der Waals surface area contributed by atoms with Gasteiger partial charge in [0.2, 0.25) is 10.0 Å². The minimum atomic E-state index is -4.00. The fourth-order valence-electron chi connectivity index (χ4n) is 3.95. The normalized spacial score (nSPS) is 16.4. The molecule has 0 amide bonds. The molecule has 1 aromatic heterocycles. The zero-order valence-electron chi connectivity index (χ0n) is 18.5. The summed E-state index contributed by atoms with van der Waals surface area (Å²) in [5, 5.41) is 0.733. The number of nitrogens with zero attached hydrogens (tertiary/aromatic N) is 1. The summed E-state index contributed by atoms with van der Waals surface area (Å²) >= 11 is 0. The molecule has 1 N–H and O–H groups in total. The largest absolute Gasteiger partial charge is 0.497 e. The molecule has 33 heavy (non-hydrogen) atoms. The van der Waals surface area contributed by atoms with Crippen LogP contribution < -0.4 is 10.3 Å². The maximum Gasteiger partial charge on any atom is 0.252 e. The number of methoxy groups -OCH3 is 1. The van der Waals surface area contributed by atoms with Crippen LogP contribution in [0.1, 0.15) is 35.7 Å². The van der Waals surface area contributed by atoms with Gasteiger partial charge >= 0.3 is 0 Å². The first-order chi connectivity index (χ1) is 15.8. The van der Waals surface area contributed by atoms with Crippen molar-refractivity contribution >= 4 is 26.7 Å². The predicted octanol–water partition coefficient (Wildman–Crippen LogP) is 3.11. The molecule has 2 heterocycles. The van der Waals surface area contributed by atoms with Crippen molar-refractivity contribution in [2.75, 3.05) is 20.3 Å². The quantitative estimate of drug-likeness (QED) is 0.507. The van der Waals surface area contributed by atoms with Gasteiger partial charge in [-0.05, 0) is 56.2 Å². The number of rotatable bonds is 8. The summed E-state index contributed by atoms with van der Waals surface area (Å²) in [5.74, 6) is 0.406. The van der Waals surface area contributed by atoms with E-state index < -0.39 is 10.0 Å². The minimum absolute atomic E-state index is 0.00656. The smallest absolute Gasteiger partial charge is 0.252 e. The third-order valence-corrected chi connectivity index (χ3v) is 7.59. The first kappa shape index (κ1) is 23.2. The van der Waals surface area contributed by atoms with Crippen LogP contribution in [0.2, 0.25) is 0 Å². The van der Waals surface area contributed by atoms with E-state index in [2.05, 4.69) is 4.98 Å². The molecule has 0 spiro atoms. The summed E-state index contributed by atoms with van der Waals surface area (Å²) in [6.45, 7) is 1.95. The second-order valence-electron chi connectivity index (χ2n) is 8.09. The van der Waals surface area contributed by atoms with Gasteiger partial charge in [-0.3, -0.25) is 9.59 Å². The predicted molar refractivity (Wildman–Crippen MR) is 124 cm³/mol. The van der Waals surface area contributed by atoms with Gasteiger partial charge in [-0.1, -0.05) is 12.1 Å². The van der Waals surface area contributed by atoms with E-state index in [1.54, 1.807) is 43.5 Å². The number of H-pyrrole nitrogens is 1. The lowest BCUT2D eigenvalue weighted by molar-refractivity contribution is 0.0925. The third kappa shape index (κ3) is 5.00. The van der Waals surface area contributed by atoms with Gasteiger partial charge in [-0.15, -0.1) is 0 Å². The number of hydrogen-bond acceptors (Lipinski definition) is 6. The van der Waals surface area contributed by atoms with Crippen molar-refractivity contribution in [2.45, 2.75) is 37.3 Å². The van der Waals surface area contributed by atoms with E-state index in [1.807, 2.05) is 0 Å². The summed E-state index contributed by atoms with van der Waals surface area (Å²) in [6.07, 6.45) is 1.34. The van der Waals surface area contributed by atoms with E-state index in [4.69, 9.17) is 9.47 Å². The van der Waals surface area contributed by atoms with Crippen molar-refractivity contribution in [3.8, 4) is 5.75 Å². The van der Waals surface area contributed by atoms with Gasteiger partial charge in [0, 0.05) is 41.7 Å². The Morgan fingerprint density at radius 2 is 2.03 bits per heavy atom. The number of aromatic amines is 1. The van der Waals surface area contributed by atoms with Crippen molar-refractivity contribution in [1.82, 2.24) is 9.29 Å². The molecule has 1 aliphatic rings. The molecular formula is C24H26N2O6S. The Bertz CT molecular complexity index is 1340. The number of benzene rings is 2. The Kier molecular flexibility index (Phi) is 6.64. The fourth-order valence-corrected chi connectivity index (χ4v) is 5.45. The number of sulfonamides is 1. The molecule has 8 nitrogen and oxygen atoms in total. The van der Waals surface area contributed by atoms with Gasteiger partial charge in [-0.2, -0.15) is 4.31 Å². The molecule has 1 unspecified atom stereocenters. The van der Waals surface area contributed by atoms with Crippen molar-refractivity contribution < 1.29 is 22.7 Å². The van der Waals surface area contributed by atoms with Crippen molar-refractivity contribution in [3.63, 3.8) is 0 Å². The Labute approximate surface area is 192 Å². The van der Waals surface area contributed by atoms with Gasteiger partial charge in [-0.25, -0.2) is 8.42 Å². The molecule has 2 aromatic carbocycles. The Balaban J connectivity index is 1.74. The second-order valence-corrected chi connectivity index (χ2v) is 10.0. The first-order valence-electron chi connectivity index (χ1n) is 10.7. The molecule has 9 heteroatoms. The SMILES string of the molecule is COc1ccc2[nH]c(=O)c(CN(CC3CCCO3)S(=O)(=O)c3cccc(C(C)=O)c3)cc2c1. The lowest BCUT2D eigenvalue weighted by Crippen LogP contribution is -2.38. The standard InChI is InChI=1S/C24H26N2O6S/c1-16(27)17-5-3-7-22(13-17)33(29,30)26(15-21-6-4-10-32-21)14-19-11-18-12-20(31-2)8-9-23(18)25-24(19)28/h3,5,7-9,11-13,21H,4,6,10,14-15H2,1-2H3,(H,25,28). The van der Waals surface area contributed by atoms with E-state index in [-0.39, 0.29) is 35.4 Å². The van der Waals surface area contributed by atoms with Crippen LogP contribution in [0.25, 0.3) is 10.9 Å². The number of hydrogen-bond donors (Lipinski definition) is 1. The zero-order chi connectivity index (χ0) is 23.6. The van der Waals surface area contributed by atoms with Crippen LogP contribution in [-0.2, 0) is 21.3 Å². The summed E-state index contributed by atoms with van der Waals surface area (Å²) < 4.78 is 39.4. The molecule has 0 aliphatic carbocycles. The molecule has 0 radical (unpaired) electrons.